The molecule has 2 fully saturated rings. The Morgan fingerprint density at radius 1 is 0.933 bits per heavy atom. The molecular weight excluding hydrogens is 210 g/mol. The van der Waals surface area contributed by atoms with E-state index >= 15 is 0 Å². The summed E-state index contributed by atoms with van der Waals surface area (Å²) < 4.78 is 11.2. The van der Waals surface area contributed by atoms with Crippen LogP contribution in [0.3, 0.4) is 0 Å². The summed E-state index contributed by atoms with van der Waals surface area (Å²) in [4.78, 5) is 0. The predicted molar refractivity (Wildman–Crippen MR) is 62.3 cm³/mol. The van der Waals surface area contributed by atoms with Crippen molar-refractivity contribution < 1.29 is 9.32 Å². The van der Waals surface area contributed by atoms with Crippen LogP contribution in [0.15, 0.2) is 0 Å². The fourth-order valence-corrected chi connectivity index (χ4v) is 3.84. The average Bonchev–Trinajstić information content (AvgIpc) is 2.25. The first-order valence-electron chi connectivity index (χ1n) is 6.03. The Bertz CT molecular complexity index is 217. The number of aliphatic hydroxyl groups excluding tert-OH is 1. The van der Waals surface area contributed by atoms with Crippen molar-refractivity contribution in [2.45, 2.75) is 56.7 Å². The topological polar surface area (TPSA) is 49.3 Å². The molecule has 4 heteroatoms. The van der Waals surface area contributed by atoms with Crippen LogP contribution in [0.2, 0.25) is 0 Å². The van der Waals surface area contributed by atoms with Gasteiger partial charge in [-0.3, -0.25) is 4.21 Å². The first-order chi connectivity index (χ1) is 7.24. The molecule has 88 valence electrons. The highest BCUT2D eigenvalue weighted by Gasteiger charge is 2.24. The second-order valence-corrected chi connectivity index (χ2v) is 6.49. The lowest BCUT2D eigenvalue weighted by Crippen LogP contribution is -2.44. The van der Waals surface area contributed by atoms with Gasteiger partial charge in [0.1, 0.15) is 0 Å². The standard InChI is InChI=1S/C11H21NO2S/c13-11-3-1-9(2-4-11)12-10-5-7-15(14)8-6-10/h9-13H,1-8H2. The lowest BCUT2D eigenvalue weighted by Gasteiger charge is -2.32. The Morgan fingerprint density at radius 2 is 1.47 bits per heavy atom. The number of hydrogen-bond donors (Lipinski definition) is 2. The molecular formula is C11H21NO2S. The Morgan fingerprint density at radius 3 is 2.07 bits per heavy atom. The smallest absolute Gasteiger partial charge is 0.0541 e. The monoisotopic (exact) mass is 231 g/mol. The summed E-state index contributed by atoms with van der Waals surface area (Å²) in [5.74, 6) is 1.74. The fourth-order valence-electron chi connectivity index (χ4n) is 2.54. The molecule has 2 rings (SSSR count). The molecule has 1 aliphatic carbocycles. The SMILES string of the molecule is O=S1CCC(NC2CCC(O)CC2)CC1. The van der Waals surface area contributed by atoms with Crippen LogP contribution < -0.4 is 5.32 Å². The van der Waals surface area contributed by atoms with E-state index in [1.54, 1.807) is 0 Å². The van der Waals surface area contributed by atoms with E-state index in [0.29, 0.717) is 12.1 Å². The molecule has 1 heterocycles. The van der Waals surface area contributed by atoms with Crippen LogP contribution in [0.25, 0.3) is 0 Å². The fraction of sp³-hybridized carbons (Fsp3) is 1.00. The van der Waals surface area contributed by atoms with E-state index in [1.807, 2.05) is 0 Å². The number of aliphatic hydroxyl groups is 1. The van der Waals surface area contributed by atoms with E-state index in [1.165, 1.54) is 0 Å². The normalized spacial score (nSPS) is 42.7. The summed E-state index contributed by atoms with van der Waals surface area (Å²) in [7, 11) is -0.553. The molecule has 0 atom stereocenters. The van der Waals surface area contributed by atoms with E-state index in [-0.39, 0.29) is 6.10 Å². The number of nitrogens with one attached hydrogen (secondary N) is 1. The van der Waals surface area contributed by atoms with Gasteiger partial charge in [0.05, 0.1) is 6.10 Å². The van der Waals surface area contributed by atoms with Crippen LogP contribution in [0.1, 0.15) is 38.5 Å². The molecule has 1 aliphatic heterocycles. The molecule has 0 spiro atoms. The molecule has 0 aromatic heterocycles. The summed E-state index contributed by atoms with van der Waals surface area (Å²) in [6.45, 7) is 0. The molecule has 15 heavy (non-hydrogen) atoms. The Kier molecular flexibility index (Phi) is 4.17. The van der Waals surface area contributed by atoms with Crippen molar-refractivity contribution >= 4 is 10.8 Å². The summed E-state index contributed by atoms with van der Waals surface area (Å²) >= 11 is 0. The van der Waals surface area contributed by atoms with Crippen LogP contribution in [-0.2, 0) is 10.8 Å². The summed E-state index contributed by atoms with van der Waals surface area (Å²) in [6, 6.07) is 1.16. The van der Waals surface area contributed by atoms with Crippen molar-refractivity contribution in [2.24, 2.45) is 0 Å². The number of rotatable bonds is 2. The van der Waals surface area contributed by atoms with Gasteiger partial charge in [0, 0.05) is 34.4 Å². The van der Waals surface area contributed by atoms with Crippen LogP contribution >= 0.6 is 0 Å². The Labute approximate surface area is 94.1 Å². The van der Waals surface area contributed by atoms with Crippen molar-refractivity contribution in [2.75, 3.05) is 11.5 Å². The summed E-state index contributed by atoms with van der Waals surface area (Å²) in [5.41, 5.74) is 0. The third-order valence-electron chi connectivity index (χ3n) is 3.56. The van der Waals surface area contributed by atoms with Gasteiger partial charge in [-0.1, -0.05) is 0 Å². The average molecular weight is 231 g/mol. The zero-order chi connectivity index (χ0) is 10.7. The van der Waals surface area contributed by atoms with Gasteiger partial charge in [-0.25, -0.2) is 0 Å². The molecule has 0 bridgehead atoms. The van der Waals surface area contributed by atoms with Gasteiger partial charge in [0.2, 0.25) is 0 Å². The summed E-state index contributed by atoms with van der Waals surface area (Å²) in [6.07, 6.45) is 6.13. The van der Waals surface area contributed by atoms with Gasteiger partial charge in [-0.2, -0.15) is 0 Å². The van der Waals surface area contributed by atoms with Gasteiger partial charge >= 0.3 is 0 Å². The van der Waals surface area contributed by atoms with E-state index in [2.05, 4.69) is 5.32 Å². The lowest BCUT2D eigenvalue weighted by molar-refractivity contribution is 0.113. The molecule has 0 unspecified atom stereocenters. The molecule has 0 aromatic rings. The maximum atomic E-state index is 11.2. The Hall–Kier alpha value is 0.0700. The van der Waals surface area contributed by atoms with Gasteiger partial charge in [-0.05, 0) is 38.5 Å². The minimum Gasteiger partial charge on any atom is -0.393 e. The third kappa shape index (κ3) is 3.54. The molecule has 1 saturated carbocycles. The lowest BCUT2D eigenvalue weighted by atomic mass is 9.92. The highest BCUT2D eigenvalue weighted by molar-refractivity contribution is 7.85. The maximum Gasteiger partial charge on any atom is 0.0541 e. The first-order valence-corrected chi connectivity index (χ1v) is 7.52. The van der Waals surface area contributed by atoms with Crippen molar-refractivity contribution in [3.8, 4) is 0 Å². The second kappa shape index (κ2) is 5.41. The molecule has 0 amide bonds. The summed E-state index contributed by atoms with van der Waals surface area (Å²) in [5, 5.41) is 13.1. The first kappa shape index (κ1) is 11.6. The van der Waals surface area contributed by atoms with E-state index in [0.717, 1.165) is 50.0 Å². The highest BCUT2D eigenvalue weighted by Crippen LogP contribution is 2.20. The molecule has 0 aromatic carbocycles. The van der Waals surface area contributed by atoms with Crippen LogP contribution in [-0.4, -0.2) is 39.0 Å². The van der Waals surface area contributed by atoms with Crippen LogP contribution in [0, 0.1) is 0 Å². The molecule has 2 aliphatic rings. The van der Waals surface area contributed by atoms with Gasteiger partial charge in [0.15, 0.2) is 0 Å². The van der Waals surface area contributed by atoms with Crippen molar-refractivity contribution in [3.05, 3.63) is 0 Å². The quantitative estimate of drug-likeness (QED) is 0.739. The molecule has 1 saturated heterocycles. The van der Waals surface area contributed by atoms with E-state index in [4.69, 9.17) is 0 Å². The minimum absolute atomic E-state index is 0.0677. The van der Waals surface area contributed by atoms with Gasteiger partial charge in [0.25, 0.3) is 0 Å². The van der Waals surface area contributed by atoms with Crippen molar-refractivity contribution in [3.63, 3.8) is 0 Å². The van der Waals surface area contributed by atoms with Crippen LogP contribution in [0.5, 0.6) is 0 Å². The molecule has 0 radical (unpaired) electrons. The second-order valence-electron chi connectivity index (χ2n) is 4.79. The van der Waals surface area contributed by atoms with E-state index < -0.39 is 10.8 Å². The zero-order valence-electron chi connectivity index (χ0n) is 9.15. The maximum absolute atomic E-state index is 11.2. The zero-order valence-corrected chi connectivity index (χ0v) is 9.97. The molecule has 3 nitrogen and oxygen atoms in total. The Balaban J connectivity index is 1.70. The van der Waals surface area contributed by atoms with Gasteiger partial charge < -0.3 is 10.4 Å². The van der Waals surface area contributed by atoms with Gasteiger partial charge in [-0.15, -0.1) is 0 Å². The molecule has 2 N–H and O–H groups in total. The van der Waals surface area contributed by atoms with Crippen molar-refractivity contribution in [1.82, 2.24) is 5.32 Å². The predicted octanol–water partition coefficient (Wildman–Crippen LogP) is 0.791. The van der Waals surface area contributed by atoms with Crippen molar-refractivity contribution in [1.29, 1.82) is 0 Å². The highest BCUT2D eigenvalue weighted by atomic mass is 32.2. The van der Waals surface area contributed by atoms with E-state index in [9.17, 15) is 9.32 Å². The largest absolute Gasteiger partial charge is 0.393 e. The third-order valence-corrected chi connectivity index (χ3v) is 4.94. The van der Waals surface area contributed by atoms with Crippen LogP contribution in [0.4, 0.5) is 0 Å². The number of hydrogen-bond acceptors (Lipinski definition) is 3. The minimum atomic E-state index is -0.553.